The van der Waals surface area contributed by atoms with E-state index >= 15 is 0 Å². The molecule has 1 fully saturated rings. The van der Waals surface area contributed by atoms with Gasteiger partial charge in [-0.05, 0) is 45.7 Å². The molecule has 1 aromatic carbocycles. The van der Waals surface area contributed by atoms with Crippen LogP contribution in [0.4, 0.5) is 4.79 Å². The van der Waals surface area contributed by atoms with E-state index in [1.54, 1.807) is 4.90 Å². The second-order valence-electron chi connectivity index (χ2n) is 7.45. The first-order valence-electron chi connectivity index (χ1n) is 8.47. The van der Waals surface area contributed by atoms with Gasteiger partial charge >= 0.3 is 6.09 Å². The molecule has 1 aliphatic heterocycles. The Hall–Kier alpha value is -2.04. The van der Waals surface area contributed by atoms with Gasteiger partial charge in [0, 0.05) is 26.2 Å². The lowest BCUT2D eigenvalue weighted by molar-refractivity contribution is -0.132. The minimum atomic E-state index is -0.493. The Bertz CT molecular complexity index is 612. The molecule has 1 aromatic rings. The second-order valence-corrected chi connectivity index (χ2v) is 7.45. The van der Waals surface area contributed by atoms with Gasteiger partial charge in [0.25, 0.3) is 0 Å². The molecule has 2 amide bonds. The minimum absolute atomic E-state index is 0.118. The van der Waals surface area contributed by atoms with Crippen molar-refractivity contribution in [2.75, 3.05) is 26.2 Å². The van der Waals surface area contributed by atoms with Gasteiger partial charge in [-0.3, -0.25) is 4.79 Å². The number of rotatable bonds is 2. The molecule has 1 saturated heterocycles. The fourth-order valence-corrected chi connectivity index (χ4v) is 2.73. The normalized spacial score (nSPS) is 15.4. The number of aryl methyl sites for hydroxylation is 2. The molecule has 0 aromatic heterocycles. The van der Waals surface area contributed by atoms with Gasteiger partial charge in [0.1, 0.15) is 5.60 Å². The lowest BCUT2D eigenvalue weighted by Crippen LogP contribution is -2.52. The number of carbonyl (C=O) groups excluding carboxylic acids is 2. The summed E-state index contributed by atoms with van der Waals surface area (Å²) in [7, 11) is 0. The molecule has 0 atom stereocenters. The number of carbonyl (C=O) groups is 2. The molecule has 1 aliphatic rings. The van der Waals surface area contributed by atoms with Gasteiger partial charge in [-0.2, -0.15) is 0 Å². The fraction of sp³-hybridized carbons (Fsp3) is 0.579. The Kier molecular flexibility index (Phi) is 5.52. The molecule has 132 valence electrons. The van der Waals surface area contributed by atoms with Crippen LogP contribution >= 0.6 is 0 Å². The van der Waals surface area contributed by atoms with Crippen LogP contribution in [-0.4, -0.2) is 53.6 Å². The Morgan fingerprint density at radius 2 is 1.62 bits per heavy atom. The highest BCUT2D eigenvalue weighted by atomic mass is 16.6. The van der Waals surface area contributed by atoms with E-state index in [9.17, 15) is 9.59 Å². The van der Waals surface area contributed by atoms with Crippen LogP contribution in [0.5, 0.6) is 0 Å². The Labute approximate surface area is 144 Å². The first-order valence-corrected chi connectivity index (χ1v) is 8.47. The zero-order valence-electron chi connectivity index (χ0n) is 15.4. The molecule has 2 rings (SSSR count). The third kappa shape index (κ3) is 4.98. The highest BCUT2D eigenvalue weighted by Crippen LogP contribution is 2.15. The van der Waals surface area contributed by atoms with E-state index in [0.717, 1.165) is 16.7 Å². The van der Waals surface area contributed by atoms with Crippen LogP contribution < -0.4 is 0 Å². The van der Waals surface area contributed by atoms with Crippen LogP contribution in [0, 0.1) is 13.8 Å². The number of ether oxygens (including phenoxy) is 1. The van der Waals surface area contributed by atoms with Crippen LogP contribution in [0.1, 0.15) is 37.5 Å². The number of nitrogens with zero attached hydrogens (tertiary/aromatic N) is 2. The zero-order valence-corrected chi connectivity index (χ0v) is 15.4. The molecule has 5 heteroatoms. The second kappa shape index (κ2) is 7.24. The molecule has 0 unspecified atom stereocenters. The van der Waals surface area contributed by atoms with Crippen molar-refractivity contribution in [1.82, 2.24) is 9.80 Å². The topological polar surface area (TPSA) is 49.9 Å². The average Bonchev–Trinajstić information content (AvgIpc) is 2.49. The van der Waals surface area contributed by atoms with Crippen LogP contribution in [0.3, 0.4) is 0 Å². The Balaban J connectivity index is 1.89. The van der Waals surface area contributed by atoms with Gasteiger partial charge in [0.2, 0.25) is 5.91 Å². The van der Waals surface area contributed by atoms with Gasteiger partial charge in [0.15, 0.2) is 0 Å². The summed E-state index contributed by atoms with van der Waals surface area (Å²) < 4.78 is 5.38. The molecule has 5 nitrogen and oxygen atoms in total. The summed E-state index contributed by atoms with van der Waals surface area (Å²) >= 11 is 0. The van der Waals surface area contributed by atoms with Gasteiger partial charge in [0.05, 0.1) is 6.42 Å². The lowest BCUT2D eigenvalue weighted by atomic mass is 10.0. The predicted molar refractivity (Wildman–Crippen MR) is 94.0 cm³/mol. The predicted octanol–water partition coefficient (Wildman–Crippen LogP) is 2.93. The molecular weight excluding hydrogens is 304 g/mol. The van der Waals surface area contributed by atoms with Gasteiger partial charge in [-0.15, -0.1) is 0 Å². The number of piperazine rings is 1. The van der Waals surface area contributed by atoms with Crippen molar-refractivity contribution < 1.29 is 14.3 Å². The van der Waals surface area contributed by atoms with Gasteiger partial charge < -0.3 is 14.5 Å². The zero-order chi connectivity index (χ0) is 17.9. The first kappa shape index (κ1) is 18.3. The SMILES string of the molecule is Cc1ccc(C)c(CC(=O)N2CCN(C(=O)OC(C)(C)C)CC2)c1. The Morgan fingerprint density at radius 3 is 2.21 bits per heavy atom. The first-order chi connectivity index (χ1) is 11.2. The molecular formula is C19H28N2O3. The summed E-state index contributed by atoms with van der Waals surface area (Å²) in [5, 5.41) is 0. The number of amides is 2. The fourth-order valence-electron chi connectivity index (χ4n) is 2.73. The largest absolute Gasteiger partial charge is 0.444 e. The summed E-state index contributed by atoms with van der Waals surface area (Å²) in [4.78, 5) is 28.1. The van der Waals surface area contributed by atoms with E-state index < -0.39 is 5.60 Å². The standard InChI is InChI=1S/C19H28N2O3/c1-14-6-7-15(2)16(12-14)13-17(22)20-8-10-21(11-9-20)18(23)24-19(3,4)5/h6-7,12H,8-11,13H2,1-5H3. The molecule has 1 heterocycles. The highest BCUT2D eigenvalue weighted by molar-refractivity contribution is 5.79. The summed E-state index contributed by atoms with van der Waals surface area (Å²) in [5.74, 6) is 0.118. The number of hydrogen-bond acceptors (Lipinski definition) is 3. The van der Waals surface area contributed by atoms with Crippen molar-refractivity contribution in [3.8, 4) is 0 Å². The number of benzene rings is 1. The van der Waals surface area contributed by atoms with E-state index in [1.165, 1.54) is 0 Å². The van der Waals surface area contributed by atoms with Crippen LogP contribution in [0.2, 0.25) is 0 Å². The molecule has 0 bridgehead atoms. The van der Waals surface area contributed by atoms with E-state index in [-0.39, 0.29) is 12.0 Å². The molecule has 0 spiro atoms. The van der Waals surface area contributed by atoms with E-state index in [1.807, 2.05) is 39.5 Å². The number of hydrogen-bond donors (Lipinski definition) is 0. The summed E-state index contributed by atoms with van der Waals surface area (Å²) in [6.07, 6.45) is 0.115. The quantitative estimate of drug-likeness (QED) is 0.837. The minimum Gasteiger partial charge on any atom is -0.444 e. The van der Waals surface area contributed by atoms with Crippen molar-refractivity contribution >= 4 is 12.0 Å². The van der Waals surface area contributed by atoms with Gasteiger partial charge in [-0.1, -0.05) is 23.8 Å². The third-order valence-corrected chi connectivity index (χ3v) is 4.13. The van der Waals surface area contributed by atoms with Crippen molar-refractivity contribution in [3.05, 3.63) is 34.9 Å². The van der Waals surface area contributed by atoms with Crippen LogP contribution in [-0.2, 0) is 16.0 Å². The molecule has 24 heavy (non-hydrogen) atoms. The van der Waals surface area contributed by atoms with Crippen molar-refractivity contribution in [1.29, 1.82) is 0 Å². The smallest absolute Gasteiger partial charge is 0.410 e. The molecule has 0 radical (unpaired) electrons. The average molecular weight is 332 g/mol. The molecule has 0 aliphatic carbocycles. The third-order valence-electron chi connectivity index (χ3n) is 4.13. The van der Waals surface area contributed by atoms with E-state index in [4.69, 9.17) is 4.74 Å². The van der Waals surface area contributed by atoms with Crippen LogP contribution in [0.15, 0.2) is 18.2 Å². The maximum absolute atomic E-state index is 12.5. The maximum Gasteiger partial charge on any atom is 0.410 e. The molecule has 0 N–H and O–H groups in total. The van der Waals surface area contributed by atoms with Crippen molar-refractivity contribution in [2.45, 2.75) is 46.6 Å². The molecule has 0 saturated carbocycles. The monoisotopic (exact) mass is 332 g/mol. The van der Waals surface area contributed by atoms with Crippen molar-refractivity contribution in [2.24, 2.45) is 0 Å². The summed E-state index contributed by atoms with van der Waals surface area (Å²) in [5.41, 5.74) is 2.89. The maximum atomic E-state index is 12.5. The van der Waals surface area contributed by atoms with E-state index in [2.05, 4.69) is 18.2 Å². The van der Waals surface area contributed by atoms with Gasteiger partial charge in [-0.25, -0.2) is 4.79 Å². The summed E-state index contributed by atoms with van der Waals surface area (Å²) in [6, 6.07) is 6.19. The van der Waals surface area contributed by atoms with E-state index in [0.29, 0.717) is 32.6 Å². The highest BCUT2D eigenvalue weighted by Gasteiger charge is 2.27. The summed E-state index contributed by atoms with van der Waals surface area (Å²) in [6.45, 7) is 11.8. The van der Waals surface area contributed by atoms with Crippen molar-refractivity contribution in [3.63, 3.8) is 0 Å². The van der Waals surface area contributed by atoms with Crippen LogP contribution in [0.25, 0.3) is 0 Å². The Morgan fingerprint density at radius 1 is 1.04 bits per heavy atom. The lowest BCUT2D eigenvalue weighted by Gasteiger charge is -2.35.